The quantitative estimate of drug-likeness (QED) is 0.213. The average Bonchev–Trinajstić information content (AvgIpc) is 2.90. The van der Waals surface area contributed by atoms with Gasteiger partial charge in [0.05, 0.1) is 5.30 Å². The van der Waals surface area contributed by atoms with Crippen LogP contribution in [0.25, 0.3) is 0 Å². The predicted octanol–water partition coefficient (Wildman–Crippen LogP) is 6.08. The number of nitrogen functional groups attached to an aromatic ring is 2. The first-order valence-corrected chi connectivity index (χ1v) is 13.2. The summed E-state index contributed by atoms with van der Waals surface area (Å²) in [6.07, 6.45) is 0. The number of hydrogen-bond acceptors (Lipinski definition) is 5. The summed E-state index contributed by atoms with van der Waals surface area (Å²) in [5.41, 5.74) is 13.1. The number of nitrogens with two attached hydrogens (primary N) is 2. The second-order valence-corrected chi connectivity index (χ2v) is 11.0. The van der Waals surface area contributed by atoms with E-state index < -0.39 is 7.14 Å². The van der Waals surface area contributed by atoms with Gasteiger partial charge in [-0.2, -0.15) is 0 Å². The van der Waals surface area contributed by atoms with E-state index in [9.17, 15) is 0 Å². The Bertz CT molecular complexity index is 1500. The zero-order chi connectivity index (χ0) is 25.0. The van der Waals surface area contributed by atoms with Gasteiger partial charge in [-0.3, -0.25) is 0 Å². The molecule has 0 aliphatic rings. The second-order valence-electron chi connectivity index (χ2n) is 8.23. The maximum absolute atomic E-state index is 15.2. The van der Waals surface area contributed by atoms with Gasteiger partial charge < -0.3 is 25.5 Å². The van der Waals surface area contributed by atoms with Crippen molar-refractivity contribution in [1.29, 1.82) is 0 Å². The molecule has 4 N–H and O–H groups in total. The normalized spacial score (nSPS) is 11.1. The first kappa shape index (κ1) is 23.3. The highest BCUT2D eigenvalue weighted by Gasteiger charge is 2.34. The van der Waals surface area contributed by atoms with Crippen molar-refractivity contribution >= 4 is 34.4 Å². The van der Waals surface area contributed by atoms with Crippen molar-refractivity contribution in [3.05, 3.63) is 127 Å². The minimum Gasteiger partial charge on any atom is -0.453 e. The van der Waals surface area contributed by atoms with Crippen LogP contribution in [0.4, 0.5) is 11.4 Å². The number of hydrogen-bond donors (Lipinski definition) is 2. The smallest absolute Gasteiger partial charge is 0.181 e. The van der Waals surface area contributed by atoms with E-state index >= 15 is 4.57 Å². The Balaban J connectivity index is 1.75. The summed E-state index contributed by atoms with van der Waals surface area (Å²) in [5.74, 6) is 1.81. The molecular weight excluding hydrogens is 467 g/mol. The fourth-order valence-corrected chi connectivity index (χ4v) is 6.82. The number of rotatable bonds is 7. The van der Waals surface area contributed by atoms with E-state index in [0.29, 0.717) is 50.3 Å². The monoisotopic (exact) mass is 492 g/mol. The van der Waals surface area contributed by atoms with E-state index in [2.05, 4.69) is 0 Å². The van der Waals surface area contributed by atoms with E-state index in [1.807, 2.05) is 78.9 Å². The fraction of sp³-hybridized carbons (Fsp3) is 0. The van der Waals surface area contributed by atoms with Gasteiger partial charge in [-0.15, -0.1) is 0 Å². The number of anilines is 2. The largest absolute Gasteiger partial charge is 0.453 e. The van der Waals surface area contributed by atoms with Crippen molar-refractivity contribution < 1.29 is 14.0 Å². The molecule has 0 bridgehead atoms. The van der Waals surface area contributed by atoms with Crippen LogP contribution in [-0.4, -0.2) is 0 Å². The lowest BCUT2D eigenvalue weighted by Gasteiger charge is -2.24. The summed E-state index contributed by atoms with van der Waals surface area (Å²) in [4.78, 5) is 0. The van der Waals surface area contributed by atoms with E-state index in [1.54, 1.807) is 48.5 Å². The molecule has 5 aromatic carbocycles. The Morgan fingerprint density at radius 2 is 1.03 bits per heavy atom. The fourth-order valence-electron chi connectivity index (χ4n) is 4.04. The van der Waals surface area contributed by atoms with Crippen molar-refractivity contribution in [2.45, 2.75) is 0 Å². The number of para-hydroxylation sites is 1. The van der Waals surface area contributed by atoms with Crippen LogP contribution in [0.1, 0.15) is 0 Å². The zero-order valence-corrected chi connectivity index (χ0v) is 20.3. The summed E-state index contributed by atoms with van der Waals surface area (Å²) >= 11 is 0. The molecule has 36 heavy (non-hydrogen) atoms. The van der Waals surface area contributed by atoms with Crippen LogP contribution in [0.2, 0.25) is 0 Å². The van der Waals surface area contributed by atoms with Crippen molar-refractivity contribution in [2.24, 2.45) is 0 Å². The number of ether oxygens (including phenoxy) is 2. The van der Waals surface area contributed by atoms with E-state index in [1.165, 1.54) is 0 Å². The summed E-state index contributed by atoms with van der Waals surface area (Å²) < 4.78 is 27.8. The van der Waals surface area contributed by atoms with Crippen LogP contribution >= 0.6 is 7.14 Å². The molecule has 0 atom stereocenters. The van der Waals surface area contributed by atoms with Crippen LogP contribution < -0.4 is 36.9 Å². The first-order valence-electron chi connectivity index (χ1n) is 11.5. The maximum Gasteiger partial charge on any atom is 0.181 e. The molecule has 0 aliphatic heterocycles. The molecule has 0 aromatic heterocycles. The molecule has 5 rings (SSSR count). The SMILES string of the molecule is Nc1cccc(Oc2cccc(P(=O)(c3ccccc3)c3ccccc3)c2Oc2cccc(N)c2)c1. The molecule has 5 nitrogen and oxygen atoms in total. The predicted molar refractivity (Wildman–Crippen MR) is 148 cm³/mol. The first-order chi connectivity index (χ1) is 17.5. The molecule has 0 saturated carbocycles. The van der Waals surface area contributed by atoms with Gasteiger partial charge in [0.2, 0.25) is 0 Å². The van der Waals surface area contributed by atoms with Gasteiger partial charge in [0.15, 0.2) is 18.6 Å². The molecule has 0 unspecified atom stereocenters. The lowest BCUT2D eigenvalue weighted by Crippen LogP contribution is -2.26. The Hall–Kier alpha value is -4.47. The molecule has 0 heterocycles. The van der Waals surface area contributed by atoms with Crippen molar-refractivity contribution in [2.75, 3.05) is 11.5 Å². The van der Waals surface area contributed by atoms with Crippen molar-refractivity contribution in [3.8, 4) is 23.0 Å². The van der Waals surface area contributed by atoms with Crippen LogP contribution in [-0.2, 0) is 4.57 Å². The third-order valence-corrected chi connectivity index (χ3v) is 8.78. The third-order valence-electron chi connectivity index (χ3n) is 5.70. The topological polar surface area (TPSA) is 87.6 Å². The Kier molecular flexibility index (Phi) is 6.48. The van der Waals surface area contributed by atoms with Gasteiger partial charge in [0.25, 0.3) is 0 Å². The summed E-state index contributed by atoms with van der Waals surface area (Å²) in [5, 5.41) is 1.90. The van der Waals surface area contributed by atoms with Gasteiger partial charge in [-0.05, 0) is 36.4 Å². The number of benzene rings is 5. The van der Waals surface area contributed by atoms with Crippen molar-refractivity contribution in [3.63, 3.8) is 0 Å². The minimum atomic E-state index is -3.37. The van der Waals surface area contributed by atoms with Crippen LogP contribution in [0.15, 0.2) is 127 Å². The molecule has 0 fully saturated rings. The van der Waals surface area contributed by atoms with Gasteiger partial charge in [0, 0.05) is 34.1 Å². The molecule has 5 aromatic rings. The molecular formula is C30H25N2O3P. The molecule has 0 saturated heterocycles. The molecule has 6 heteroatoms. The molecule has 0 aliphatic carbocycles. The Morgan fingerprint density at radius 1 is 0.528 bits per heavy atom. The van der Waals surface area contributed by atoms with E-state index in [-0.39, 0.29) is 0 Å². The summed E-state index contributed by atoms with van der Waals surface area (Å²) in [6.45, 7) is 0. The highest BCUT2D eigenvalue weighted by molar-refractivity contribution is 7.85. The van der Waals surface area contributed by atoms with Crippen LogP contribution in [0.3, 0.4) is 0 Å². The molecule has 178 valence electrons. The van der Waals surface area contributed by atoms with Crippen LogP contribution in [0.5, 0.6) is 23.0 Å². The average molecular weight is 493 g/mol. The van der Waals surface area contributed by atoms with Gasteiger partial charge in [-0.1, -0.05) is 78.9 Å². The van der Waals surface area contributed by atoms with Gasteiger partial charge in [-0.25, -0.2) is 0 Å². The van der Waals surface area contributed by atoms with Crippen molar-refractivity contribution in [1.82, 2.24) is 0 Å². The highest BCUT2D eigenvalue weighted by atomic mass is 31.2. The Morgan fingerprint density at radius 3 is 1.56 bits per heavy atom. The lowest BCUT2D eigenvalue weighted by atomic mass is 10.2. The van der Waals surface area contributed by atoms with Gasteiger partial charge >= 0.3 is 0 Å². The lowest BCUT2D eigenvalue weighted by molar-refractivity contribution is 0.421. The van der Waals surface area contributed by atoms with E-state index in [4.69, 9.17) is 20.9 Å². The maximum atomic E-state index is 15.2. The molecule has 0 amide bonds. The van der Waals surface area contributed by atoms with Crippen LogP contribution in [0, 0.1) is 0 Å². The zero-order valence-electron chi connectivity index (χ0n) is 19.5. The standard InChI is InChI=1S/C30H25N2O3P/c31-22-10-7-12-24(20-22)34-28-18-9-19-29(30(28)35-25-13-8-11-23(32)21-25)36(33,26-14-3-1-4-15-26)27-16-5-2-6-17-27/h1-21H,31-32H2. The molecule has 0 spiro atoms. The van der Waals surface area contributed by atoms with E-state index in [0.717, 1.165) is 0 Å². The van der Waals surface area contributed by atoms with Gasteiger partial charge in [0.1, 0.15) is 11.5 Å². The summed E-state index contributed by atoms with van der Waals surface area (Å²) in [6, 6.07) is 38.5. The summed E-state index contributed by atoms with van der Waals surface area (Å²) in [7, 11) is -3.37. The second kappa shape index (κ2) is 10.0. The highest BCUT2D eigenvalue weighted by Crippen LogP contribution is 2.48. The third kappa shape index (κ3) is 4.70. The molecule has 0 radical (unpaired) electrons. The Labute approximate surface area is 210 Å². The minimum absolute atomic E-state index is 0.349.